The fourth-order valence-electron chi connectivity index (χ4n) is 2.80. The van der Waals surface area contributed by atoms with Crippen LogP contribution in [0.1, 0.15) is 26.2 Å². The topological polar surface area (TPSA) is 61.8 Å². The molecule has 21 heavy (non-hydrogen) atoms. The number of carbonyl (C=O) groups is 1. The van der Waals surface area contributed by atoms with Gasteiger partial charge < -0.3 is 14.7 Å². The Hall–Kier alpha value is -1.75. The molecule has 5 heteroatoms. The minimum Gasteiger partial charge on any atom is -0.491 e. The first kappa shape index (κ1) is 14.2. The molecule has 1 aliphatic heterocycles. The van der Waals surface area contributed by atoms with Crippen LogP contribution in [-0.2, 0) is 4.79 Å². The maximum Gasteiger partial charge on any atom is 0.325 e. The van der Waals surface area contributed by atoms with Gasteiger partial charge in [0.15, 0.2) is 0 Å². The largest absolute Gasteiger partial charge is 0.491 e. The maximum atomic E-state index is 11.7. The molecular formula is C16H22N2O3. The molecule has 0 aromatic heterocycles. The van der Waals surface area contributed by atoms with Crippen LogP contribution in [-0.4, -0.2) is 42.4 Å². The second-order valence-corrected chi connectivity index (χ2v) is 6.15. The number of carboxylic acid groups (broad SMARTS) is 1. The molecule has 2 N–H and O–H groups in total. The summed E-state index contributed by atoms with van der Waals surface area (Å²) in [4.78, 5) is 13.9. The van der Waals surface area contributed by atoms with E-state index in [0.29, 0.717) is 19.2 Å². The number of nitrogens with zero attached hydrogens (tertiary/aromatic N) is 1. The van der Waals surface area contributed by atoms with Gasteiger partial charge in [-0.25, -0.2) is 0 Å². The first-order valence-electron chi connectivity index (χ1n) is 7.56. The molecular weight excluding hydrogens is 268 g/mol. The average Bonchev–Trinajstić information content (AvgIpc) is 3.27. The van der Waals surface area contributed by atoms with E-state index < -0.39 is 11.5 Å². The van der Waals surface area contributed by atoms with Crippen molar-refractivity contribution in [2.75, 3.05) is 24.6 Å². The van der Waals surface area contributed by atoms with Crippen LogP contribution in [0.4, 0.5) is 5.69 Å². The number of rotatable bonds is 5. The van der Waals surface area contributed by atoms with E-state index in [4.69, 9.17) is 4.74 Å². The first-order chi connectivity index (χ1) is 10.1. The van der Waals surface area contributed by atoms with Crippen LogP contribution in [0, 0.1) is 0 Å². The average molecular weight is 290 g/mol. The highest BCUT2D eigenvalue weighted by atomic mass is 16.5. The molecule has 1 fully saturated rings. The molecule has 1 aromatic rings. The Morgan fingerprint density at radius 3 is 2.95 bits per heavy atom. The van der Waals surface area contributed by atoms with Crippen molar-refractivity contribution in [2.45, 2.75) is 37.8 Å². The summed E-state index contributed by atoms with van der Waals surface area (Å²) in [6.07, 6.45) is 3.04. The highest BCUT2D eigenvalue weighted by Gasteiger charge is 2.40. The van der Waals surface area contributed by atoms with Crippen molar-refractivity contribution in [3.8, 4) is 5.75 Å². The second kappa shape index (κ2) is 5.56. The van der Waals surface area contributed by atoms with Crippen molar-refractivity contribution in [2.24, 2.45) is 0 Å². The molecule has 0 amide bonds. The number of anilines is 1. The van der Waals surface area contributed by atoms with E-state index >= 15 is 0 Å². The van der Waals surface area contributed by atoms with Crippen molar-refractivity contribution in [1.29, 1.82) is 0 Å². The molecule has 0 bridgehead atoms. The summed E-state index contributed by atoms with van der Waals surface area (Å²) in [6, 6.07) is 8.21. The van der Waals surface area contributed by atoms with E-state index in [1.165, 1.54) is 0 Å². The van der Waals surface area contributed by atoms with Crippen LogP contribution in [0.3, 0.4) is 0 Å². The van der Waals surface area contributed by atoms with E-state index in [1.807, 2.05) is 24.3 Å². The number of hydrogen-bond acceptors (Lipinski definition) is 4. The van der Waals surface area contributed by atoms with Gasteiger partial charge in [-0.15, -0.1) is 0 Å². The zero-order valence-corrected chi connectivity index (χ0v) is 12.3. The van der Waals surface area contributed by atoms with Crippen LogP contribution in [0.25, 0.3) is 0 Å². The van der Waals surface area contributed by atoms with E-state index in [1.54, 1.807) is 6.92 Å². The Balaban J connectivity index is 1.83. The third-order valence-corrected chi connectivity index (χ3v) is 4.12. The highest BCUT2D eigenvalue weighted by molar-refractivity contribution is 5.79. The molecule has 0 spiro atoms. The van der Waals surface area contributed by atoms with Crippen LogP contribution >= 0.6 is 0 Å². The van der Waals surface area contributed by atoms with Gasteiger partial charge in [0, 0.05) is 19.1 Å². The third kappa shape index (κ3) is 3.13. The summed E-state index contributed by atoms with van der Waals surface area (Å²) >= 11 is 0. The summed E-state index contributed by atoms with van der Waals surface area (Å²) in [5, 5.41) is 12.9. The van der Waals surface area contributed by atoms with Crippen molar-refractivity contribution >= 4 is 11.7 Å². The van der Waals surface area contributed by atoms with Gasteiger partial charge in [-0.05, 0) is 38.3 Å². The summed E-state index contributed by atoms with van der Waals surface area (Å²) in [6.45, 7) is 3.71. The standard InChI is InChI=1S/C16H22N2O3/c1-16(15(19)20,17-12-7-8-12)11-18-9-4-10-21-14-6-3-2-5-13(14)18/h2-3,5-6,12,17H,4,7-11H2,1H3,(H,19,20). The lowest BCUT2D eigenvalue weighted by atomic mass is 10.0. The lowest BCUT2D eigenvalue weighted by Crippen LogP contribution is -2.58. The fourth-order valence-corrected chi connectivity index (χ4v) is 2.80. The molecule has 1 aromatic carbocycles. The minimum absolute atomic E-state index is 0.351. The lowest BCUT2D eigenvalue weighted by Gasteiger charge is -2.34. The van der Waals surface area contributed by atoms with Crippen molar-refractivity contribution < 1.29 is 14.6 Å². The maximum absolute atomic E-state index is 11.7. The van der Waals surface area contributed by atoms with Gasteiger partial charge in [-0.2, -0.15) is 0 Å². The lowest BCUT2D eigenvalue weighted by molar-refractivity contribution is -0.143. The molecule has 1 saturated carbocycles. The first-order valence-corrected chi connectivity index (χ1v) is 7.56. The summed E-state index contributed by atoms with van der Waals surface area (Å²) < 4.78 is 5.74. The predicted octanol–water partition coefficient (Wildman–Crippen LogP) is 1.87. The number of ether oxygens (including phenoxy) is 1. The molecule has 1 atom stereocenters. The molecule has 0 radical (unpaired) electrons. The Labute approximate surface area is 124 Å². The van der Waals surface area contributed by atoms with E-state index in [9.17, 15) is 9.90 Å². The Morgan fingerprint density at radius 2 is 2.24 bits per heavy atom. The van der Waals surface area contributed by atoms with Gasteiger partial charge in [0.2, 0.25) is 0 Å². The fraction of sp³-hybridized carbons (Fsp3) is 0.562. The summed E-state index contributed by atoms with van der Waals surface area (Å²) in [5.74, 6) is 0.0474. The van der Waals surface area contributed by atoms with E-state index in [0.717, 1.165) is 37.2 Å². The van der Waals surface area contributed by atoms with Crippen LogP contribution in [0.2, 0.25) is 0 Å². The van der Waals surface area contributed by atoms with Crippen molar-refractivity contribution in [1.82, 2.24) is 5.32 Å². The number of hydrogen-bond donors (Lipinski definition) is 2. The van der Waals surface area contributed by atoms with Gasteiger partial charge in [-0.1, -0.05) is 12.1 Å². The normalized spacial score (nSPS) is 20.9. The third-order valence-electron chi connectivity index (χ3n) is 4.12. The summed E-state index contributed by atoms with van der Waals surface area (Å²) in [7, 11) is 0. The predicted molar refractivity (Wildman–Crippen MR) is 81.0 cm³/mol. The molecule has 2 aliphatic rings. The van der Waals surface area contributed by atoms with Gasteiger partial charge in [-0.3, -0.25) is 10.1 Å². The van der Waals surface area contributed by atoms with Crippen LogP contribution in [0.15, 0.2) is 24.3 Å². The van der Waals surface area contributed by atoms with Gasteiger partial charge in [0.1, 0.15) is 11.3 Å². The van der Waals surface area contributed by atoms with Gasteiger partial charge >= 0.3 is 5.97 Å². The number of para-hydroxylation sites is 2. The Bertz CT molecular complexity index is 530. The second-order valence-electron chi connectivity index (χ2n) is 6.15. The highest BCUT2D eigenvalue weighted by Crippen LogP contribution is 2.32. The minimum atomic E-state index is -0.932. The number of nitrogens with one attached hydrogen (secondary N) is 1. The van der Waals surface area contributed by atoms with Crippen LogP contribution < -0.4 is 15.0 Å². The van der Waals surface area contributed by atoms with E-state index in [-0.39, 0.29) is 0 Å². The van der Waals surface area contributed by atoms with Crippen molar-refractivity contribution in [3.63, 3.8) is 0 Å². The number of benzene rings is 1. The SMILES string of the molecule is CC(CN1CCCOc2ccccc21)(NC1CC1)C(=O)O. The van der Waals surface area contributed by atoms with Crippen LogP contribution in [0.5, 0.6) is 5.75 Å². The number of carboxylic acids is 1. The Kier molecular flexibility index (Phi) is 3.76. The summed E-state index contributed by atoms with van der Waals surface area (Å²) in [5.41, 5.74) is 0.0543. The molecule has 1 heterocycles. The Morgan fingerprint density at radius 1 is 1.48 bits per heavy atom. The van der Waals surface area contributed by atoms with Crippen molar-refractivity contribution in [3.05, 3.63) is 24.3 Å². The molecule has 1 aliphatic carbocycles. The zero-order chi connectivity index (χ0) is 14.9. The molecule has 1 unspecified atom stereocenters. The zero-order valence-electron chi connectivity index (χ0n) is 12.3. The molecule has 114 valence electrons. The quantitative estimate of drug-likeness (QED) is 0.867. The number of fused-ring (bicyclic) bond motifs is 1. The monoisotopic (exact) mass is 290 g/mol. The smallest absolute Gasteiger partial charge is 0.325 e. The molecule has 5 nitrogen and oxygen atoms in total. The van der Waals surface area contributed by atoms with Gasteiger partial charge in [0.05, 0.1) is 12.3 Å². The van der Waals surface area contributed by atoms with Gasteiger partial charge in [0.25, 0.3) is 0 Å². The molecule has 3 rings (SSSR count). The molecule has 0 saturated heterocycles. The van der Waals surface area contributed by atoms with E-state index in [2.05, 4.69) is 10.2 Å². The number of aliphatic carboxylic acids is 1.